The topological polar surface area (TPSA) is 78.1 Å². The number of H-pyrrole nitrogens is 1. The fraction of sp³-hybridized carbons (Fsp3) is 0.421. The first kappa shape index (κ1) is 18.1. The van der Waals surface area contributed by atoms with Crippen LogP contribution >= 0.6 is 0 Å². The Morgan fingerprint density at radius 2 is 2.08 bits per heavy atom. The average Bonchev–Trinajstić information content (AvgIpc) is 3.35. The normalized spacial score (nSPS) is 13.5. The zero-order valence-electron chi connectivity index (χ0n) is 15.0. The summed E-state index contributed by atoms with van der Waals surface area (Å²) in [6.45, 7) is 2.24. The van der Waals surface area contributed by atoms with Crippen molar-refractivity contribution in [3.05, 3.63) is 47.0 Å². The first-order valence-electron chi connectivity index (χ1n) is 8.76. The van der Waals surface area contributed by atoms with Crippen LogP contribution in [-0.4, -0.2) is 34.0 Å². The molecule has 6 nitrogen and oxygen atoms in total. The number of aryl methyl sites for hydroxylation is 1. The lowest BCUT2D eigenvalue weighted by molar-refractivity contribution is -0.132. The Morgan fingerprint density at radius 1 is 1.31 bits per heavy atom. The third-order valence-corrected chi connectivity index (χ3v) is 4.44. The molecule has 0 unspecified atom stereocenters. The van der Waals surface area contributed by atoms with Crippen LogP contribution in [0.25, 0.3) is 0 Å². The number of carbonyl (C=O) groups excluding carboxylic acids is 2. The second-order valence-corrected chi connectivity index (χ2v) is 6.87. The minimum absolute atomic E-state index is 0.00680. The third kappa shape index (κ3) is 4.68. The largest absolute Gasteiger partial charge is 0.340 e. The van der Waals surface area contributed by atoms with Gasteiger partial charge in [0.15, 0.2) is 0 Å². The standard InChI is InChI=1S/C19H23FN4O2/c1-12-3-6-15(20)17(9-12)21-18(25)7-8-19(26)24(2)11-14-10-16(23-22-14)13-4-5-13/h3,6,9-10,13H,4-5,7-8,11H2,1-2H3,(H,21,25)(H,22,23). The predicted octanol–water partition coefficient (Wildman–Crippen LogP) is 3.11. The Morgan fingerprint density at radius 3 is 2.81 bits per heavy atom. The highest BCUT2D eigenvalue weighted by molar-refractivity contribution is 5.93. The number of hydrogen-bond acceptors (Lipinski definition) is 3. The fourth-order valence-corrected chi connectivity index (χ4v) is 2.75. The van der Waals surface area contributed by atoms with E-state index in [0.29, 0.717) is 12.5 Å². The Bertz CT molecular complexity index is 814. The van der Waals surface area contributed by atoms with Crippen molar-refractivity contribution in [3.8, 4) is 0 Å². The molecule has 2 amide bonds. The summed E-state index contributed by atoms with van der Waals surface area (Å²) in [4.78, 5) is 25.8. The van der Waals surface area contributed by atoms with Gasteiger partial charge in [0.25, 0.3) is 0 Å². The van der Waals surface area contributed by atoms with Crippen molar-refractivity contribution < 1.29 is 14.0 Å². The van der Waals surface area contributed by atoms with Gasteiger partial charge >= 0.3 is 0 Å². The van der Waals surface area contributed by atoms with E-state index in [9.17, 15) is 14.0 Å². The zero-order valence-corrected chi connectivity index (χ0v) is 15.0. The highest BCUT2D eigenvalue weighted by Crippen LogP contribution is 2.39. The van der Waals surface area contributed by atoms with Crippen LogP contribution < -0.4 is 5.32 Å². The van der Waals surface area contributed by atoms with E-state index in [1.54, 1.807) is 24.1 Å². The van der Waals surface area contributed by atoms with Crippen LogP contribution in [-0.2, 0) is 16.1 Å². The van der Waals surface area contributed by atoms with Gasteiger partial charge in [0.2, 0.25) is 11.8 Å². The molecule has 1 aliphatic rings. The molecule has 0 saturated heterocycles. The number of aromatic amines is 1. The SMILES string of the molecule is Cc1ccc(F)c(NC(=O)CCC(=O)N(C)Cc2cc(C3CC3)n[nH]2)c1. The van der Waals surface area contributed by atoms with Crippen LogP contribution in [0.5, 0.6) is 0 Å². The molecule has 0 radical (unpaired) electrons. The number of nitrogens with zero attached hydrogens (tertiary/aromatic N) is 2. The number of benzene rings is 1. The van der Waals surface area contributed by atoms with Crippen LogP contribution in [0.15, 0.2) is 24.3 Å². The number of rotatable bonds is 7. The number of amides is 2. The maximum Gasteiger partial charge on any atom is 0.224 e. The molecule has 1 aliphatic carbocycles. The summed E-state index contributed by atoms with van der Waals surface area (Å²) in [6, 6.07) is 6.50. The smallest absolute Gasteiger partial charge is 0.224 e. The third-order valence-electron chi connectivity index (χ3n) is 4.44. The molecule has 1 aromatic heterocycles. The second kappa shape index (κ2) is 7.68. The lowest BCUT2D eigenvalue weighted by Gasteiger charge is -2.16. The highest BCUT2D eigenvalue weighted by atomic mass is 19.1. The molecule has 2 N–H and O–H groups in total. The highest BCUT2D eigenvalue weighted by Gasteiger charge is 2.26. The van der Waals surface area contributed by atoms with Gasteiger partial charge in [-0.2, -0.15) is 5.10 Å². The van der Waals surface area contributed by atoms with Gasteiger partial charge in [-0.1, -0.05) is 6.07 Å². The monoisotopic (exact) mass is 358 g/mol. The summed E-state index contributed by atoms with van der Waals surface area (Å²) < 4.78 is 13.7. The lowest BCUT2D eigenvalue weighted by atomic mass is 10.2. The molecule has 0 aliphatic heterocycles. The molecule has 7 heteroatoms. The van der Waals surface area contributed by atoms with Crippen molar-refractivity contribution in [3.63, 3.8) is 0 Å². The minimum atomic E-state index is -0.488. The first-order chi connectivity index (χ1) is 12.4. The predicted molar refractivity (Wildman–Crippen MR) is 96.0 cm³/mol. The van der Waals surface area contributed by atoms with E-state index >= 15 is 0 Å². The maximum absolute atomic E-state index is 13.7. The van der Waals surface area contributed by atoms with Crippen molar-refractivity contribution in [1.29, 1.82) is 0 Å². The van der Waals surface area contributed by atoms with Gasteiger partial charge in [-0.25, -0.2) is 4.39 Å². The van der Waals surface area contributed by atoms with Gasteiger partial charge in [0.1, 0.15) is 5.82 Å². The number of carbonyl (C=O) groups is 2. The molecular formula is C19H23FN4O2. The summed E-state index contributed by atoms with van der Waals surface area (Å²) in [5.74, 6) is -0.453. The van der Waals surface area contributed by atoms with E-state index in [2.05, 4.69) is 15.5 Å². The molecule has 1 heterocycles. The van der Waals surface area contributed by atoms with E-state index in [4.69, 9.17) is 0 Å². The van der Waals surface area contributed by atoms with Gasteiger partial charge in [-0.3, -0.25) is 14.7 Å². The van der Waals surface area contributed by atoms with E-state index in [1.165, 1.54) is 18.9 Å². The minimum Gasteiger partial charge on any atom is -0.340 e. The molecule has 1 fully saturated rings. The molecule has 1 saturated carbocycles. The molecule has 26 heavy (non-hydrogen) atoms. The van der Waals surface area contributed by atoms with E-state index < -0.39 is 5.82 Å². The summed E-state index contributed by atoms with van der Waals surface area (Å²) in [7, 11) is 1.69. The van der Waals surface area contributed by atoms with Gasteiger partial charge in [-0.15, -0.1) is 0 Å². The van der Waals surface area contributed by atoms with Crippen molar-refractivity contribution in [1.82, 2.24) is 15.1 Å². The van der Waals surface area contributed by atoms with Gasteiger partial charge < -0.3 is 10.2 Å². The molecule has 1 aromatic carbocycles. The molecule has 3 rings (SSSR count). The van der Waals surface area contributed by atoms with Crippen LogP contribution in [0.4, 0.5) is 10.1 Å². The quantitative estimate of drug-likeness (QED) is 0.798. The molecule has 0 spiro atoms. The molecule has 0 atom stereocenters. The van der Waals surface area contributed by atoms with Gasteiger partial charge in [0.05, 0.1) is 23.6 Å². The first-order valence-corrected chi connectivity index (χ1v) is 8.76. The van der Waals surface area contributed by atoms with Gasteiger partial charge in [0, 0.05) is 25.8 Å². The number of hydrogen-bond donors (Lipinski definition) is 2. The van der Waals surface area contributed by atoms with Crippen molar-refractivity contribution in [2.45, 2.75) is 45.1 Å². The van der Waals surface area contributed by atoms with Crippen LogP contribution in [0.3, 0.4) is 0 Å². The van der Waals surface area contributed by atoms with Crippen LogP contribution in [0.1, 0.15) is 48.6 Å². The van der Waals surface area contributed by atoms with Crippen LogP contribution in [0, 0.1) is 12.7 Å². The zero-order chi connectivity index (χ0) is 18.7. The summed E-state index contributed by atoms with van der Waals surface area (Å²) >= 11 is 0. The Labute approximate surface area is 151 Å². The molecular weight excluding hydrogens is 335 g/mol. The Kier molecular flexibility index (Phi) is 5.35. The molecule has 0 bridgehead atoms. The maximum atomic E-state index is 13.7. The molecule has 138 valence electrons. The van der Waals surface area contributed by atoms with Crippen LogP contribution in [0.2, 0.25) is 0 Å². The number of nitrogens with one attached hydrogen (secondary N) is 2. The van der Waals surface area contributed by atoms with Crippen molar-refractivity contribution in [2.24, 2.45) is 0 Å². The summed E-state index contributed by atoms with van der Waals surface area (Å²) in [5.41, 5.74) is 2.93. The summed E-state index contributed by atoms with van der Waals surface area (Å²) in [5, 5.41) is 9.74. The number of aromatic nitrogens is 2. The fourth-order valence-electron chi connectivity index (χ4n) is 2.75. The Balaban J connectivity index is 1.46. The summed E-state index contributed by atoms with van der Waals surface area (Å²) in [6.07, 6.45) is 2.43. The molecule has 2 aromatic rings. The van der Waals surface area contributed by atoms with Crippen molar-refractivity contribution in [2.75, 3.05) is 12.4 Å². The van der Waals surface area contributed by atoms with E-state index in [0.717, 1.165) is 17.0 Å². The van der Waals surface area contributed by atoms with Gasteiger partial charge in [-0.05, 0) is 43.5 Å². The van der Waals surface area contributed by atoms with E-state index in [-0.39, 0.29) is 30.3 Å². The Hall–Kier alpha value is -2.70. The van der Waals surface area contributed by atoms with E-state index in [1.807, 2.05) is 13.0 Å². The average molecular weight is 358 g/mol. The lowest BCUT2D eigenvalue weighted by Crippen LogP contribution is -2.27. The van der Waals surface area contributed by atoms with Crippen molar-refractivity contribution >= 4 is 17.5 Å². The number of anilines is 1. The second-order valence-electron chi connectivity index (χ2n) is 6.87. The number of halogens is 1.